The molecule has 0 aliphatic carbocycles. The van der Waals surface area contributed by atoms with Crippen molar-refractivity contribution in [3.8, 4) is 0 Å². The third-order valence-electron chi connectivity index (χ3n) is 11.0. The Bertz CT molecular complexity index is 1250. The third-order valence-corrected chi connectivity index (χ3v) is 12.0. The lowest BCUT2D eigenvalue weighted by atomic mass is 10.1. The van der Waals surface area contributed by atoms with E-state index in [0.717, 1.165) is 77.0 Å². The van der Waals surface area contributed by atoms with Gasteiger partial charge in [-0.15, -0.1) is 0 Å². The second kappa shape index (κ2) is 47.4. The van der Waals surface area contributed by atoms with Crippen LogP contribution in [0.3, 0.4) is 0 Å². The monoisotopic (exact) mass is 918 g/mol. The van der Waals surface area contributed by atoms with E-state index in [2.05, 4.69) is 86.8 Å². The third kappa shape index (κ3) is 50.9. The smallest absolute Gasteiger partial charge is 0.306 e. The number of carbonyl (C=O) groups is 1. The average molecular weight is 918 g/mol. The summed E-state index contributed by atoms with van der Waals surface area (Å²) < 4.78 is 34.7. The molecule has 0 heterocycles. The highest BCUT2D eigenvalue weighted by molar-refractivity contribution is 7.45. The summed E-state index contributed by atoms with van der Waals surface area (Å²) in [4.78, 5) is 25.2. The number of phosphoric acid groups is 1. The van der Waals surface area contributed by atoms with E-state index in [-0.39, 0.29) is 25.8 Å². The van der Waals surface area contributed by atoms with Crippen molar-refractivity contribution in [3.63, 3.8) is 0 Å². The van der Waals surface area contributed by atoms with E-state index in [1.165, 1.54) is 116 Å². The van der Waals surface area contributed by atoms with Crippen LogP contribution in [0, 0.1) is 0 Å². The molecule has 372 valence electrons. The zero-order chi connectivity index (χ0) is 46.9. The molecule has 0 spiro atoms. The summed E-state index contributed by atoms with van der Waals surface area (Å²) in [7, 11) is 1.34. The van der Waals surface area contributed by atoms with Crippen molar-refractivity contribution in [2.45, 2.75) is 219 Å². The number of phosphoric ester groups is 1. The molecule has 9 heteroatoms. The van der Waals surface area contributed by atoms with E-state index in [4.69, 9.17) is 18.5 Å². The van der Waals surface area contributed by atoms with Crippen LogP contribution in [0.4, 0.5) is 0 Å². The highest BCUT2D eigenvalue weighted by Gasteiger charge is 2.20. The fourth-order valence-corrected chi connectivity index (χ4v) is 7.71. The molecule has 0 aromatic carbocycles. The topological polar surface area (TPSA) is 94.1 Å². The molecule has 0 bridgehead atoms. The Morgan fingerprint density at radius 1 is 0.500 bits per heavy atom. The highest BCUT2D eigenvalue weighted by Crippen LogP contribution is 2.38. The number of likely N-dealkylation sites (N-methyl/N-ethyl adjacent to an activating group) is 1. The largest absolute Gasteiger partial charge is 0.756 e. The summed E-state index contributed by atoms with van der Waals surface area (Å²) in [5, 5.41) is 0. The summed E-state index contributed by atoms with van der Waals surface area (Å²) in [6, 6.07) is 0. The van der Waals surface area contributed by atoms with Crippen LogP contribution in [0.25, 0.3) is 0 Å². The van der Waals surface area contributed by atoms with Gasteiger partial charge in [0.1, 0.15) is 19.3 Å². The molecule has 0 fully saturated rings. The summed E-state index contributed by atoms with van der Waals surface area (Å²) >= 11 is 0. The fraction of sp³-hybridized carbons (Fsp3) is 0.764. The van der Waals surface area contributed by atoms with Crippen molar-refractivity contribution in [1.29, 1.82) is 0 Å². The zero-order valence-corrected chi connectivity index (χ0v) is 43.1. The maximum Gasteiger partial charge on any atom is 0.306 e. The summed E-state index contributed by atoms with van der Waals surface area (Å²) in [6.45, 7) is 5.28. The Morgan fingerprint density at radius 3 is 1.38 bits per heavy atom. The summed E-state index contributed by atoms with van der Waals surface area (Å²) in [5.74, 6) is -0.345. The number of allylic oxidation sites excluding steroid dienone is 12. The van der Waals surface area contributed by atoms with Gasteiger partial charge >= 0.3 is 5.97 Å². The van der Waals surface area contributed by atoms with Gasteiger partial charge in [-0.2, -0.15) is 0 Å². The van der Waals surface area contributed by atoms with Gasteiger partial charge in [0.25, 0.3) is 7.82 Å². The van der Waals surface area contributed by atoms with E-state index >= 15 is 0 Å². The number of quaternary nitrogens is 1. The Balaban J connectivity index is 4.13. The molecule has 0 aliphatic heterocycles. The van der Waals surface area contributed by atoms with Gasteiger partial charge in [-0.3, -0.25) is 9.36 Å². The van der Waals surface area contributed by atoms with E-state index in [1.807, 2.05) is 21.1 Å². The zero-order valence-electron chi connectivity index (χ0n) is 42.2. The van der Waals surface area contributed by atoms with Gasteiger partial charge in [0, 0.05) is 13.0 Å². The van der Waals surface area contributed by atoms with Crippen molar-refractivity contribution in [2.24, 2.45) is 0 Å². The number of nitrogens with zero attached hydrogens (tertiary/aromatic N) is 1. The number of carbonyl (C=O) groups excluding carboxylic acids is 1. The Kier molecular flexibility index (Phi) is 45.9. The lowest BCUT2D eigenvalue weighted by molar-refractivity contribution is -0.870. The molecular formula is C55H100NO7P. The lowest BCUT2D eigenvalue weighted by Gasteiger charge is -2.28. The molecule has 0 radical (unpaired) electrons. The Morgan fingerprint density at radius 2 is 0.906 bits per heavy atom. The lowest BCUT2D eigenvalue weighted by Crippen LogP contribution is -2.37. The van der Waals surface area contributed by atoms with Crippen LogP contribution in [0.2, 0.25) is 0 Å². The molecule has 0 rings (SSSR count). The van der Waals surface area contributed by atoms with Crippen molar-refractivity contribution in [3.05, 3.63) is 72.9 Å². The molecule has 64 heavy (non-hydrogen) atoms. The predicted octanol–water partition coefficient (Wildman–Crippen LogP) is 15.6. The maximum absolute atomic E-state index is 12.7. The minimum absolute atomic E-state index is 0.0210. The van der Waals surface area contributed by atoms with Gasteiger partial charge in [0.05, 0.1) is 34.4 Å². The molecule has 0 saturated carbocycles. The Labute approximate surface area is 395 Å². The van der Waals surface area contributed by atoms with E-state index in [1.54, 1.807) is 0 Å². The molecular weight excluding hydrogens is 818 g/mol. The van der Waals surface area contributed by atoms with Crippen molar-refractivity contribution in [2.75, 3.05) is 54.1 Å². The molecule has 0 amide bonds. The molecule has 0 aliphatic rings. The molecule has 0 aromatic heterocycles. The number of hydrogen-bond donors (Lipinski definition) is 0. The van der Waals surface area contributed by atoms with Crippen LogP contribution in [-0.4, -0.2) is 70.7 Å². The van der Waals surface area contributed by atoms with E-state index in [0.29, 0.717) is 24.1 Å². The average Bonchev–Trinajstić information content (AvgIpc) is 3.25. The van der Waals surface area contributed by atoms with E-state index in [9.17, 15) is 14.3 Å². The molecule has 0 aromatic rings. The van der Waals surface area contributed by atoms with Gasteiger partial charge < -0.3 is 27.9 Å². The first-order valence-electron chi connectivity index (χ1n) is 26.2. The molecule has 0 N–H and O–H groups in total. The number of unbranched alkanes of at least 4 members (excludes halogenated alkanes) is 22. The molecule has 0 saturated heterocycles. The number of hydrogen-bond acceptors (Lipinski definition) is 7. The van der Waals surface area contributed by atoms with Crippen molar-refractivity contribution >= 4 is 13.8 Å². The van der Waals surface area contributed by atoms with E-state index < -0.39 is 13.9 Å². The van der Waals surface area contributed by atoms with Gasteiger partial charge in [0.2, 0.25) is 0 Å². The normalized spacial score (nSPS) is 14.2. The predicted molar refractivity (Wildman–Crippen MR) is 272 cm³/mol. The first-order chi connectivity index (χ1) is 31.1. The first-order valence-corrected chi connectivity index (χ1v) is 27.6. The second-order valence-corrected chi connectivity index (χ2v) is 19.9. The molecule has 2 atom stereocenters. The summed E-state index contributed by atoms with van der Waals surface area (Å²) in [5.41, 5.74) is 0. The van der Waals surface area contributed by atoms with Crippen LogP contribution >= 0.6 is 7.82 Å². The SMILES string of the molecule is CC/C=C\C/C=C\C/C=C\C/C=C\C/C=C\CCCCCCCCCCCCOCC(COP(=O)([O-])OCC[N+](C)(C)C)OC(=O)CCCCCCC/C=C\CCCCCCCCC. The minimum atomic E-state index is -4.54. The minimum Gasteiger partial charge on any atom is -0.756 e. The van der Waals surface area contributed by atoms with Gasteiger partial charge in [0.15, 0.2) is 0 Å². The maximum atomic E-state index is 12.7. The van der Waals surface area contributed by atoms with Crippen LogP contribution < -0.4 is 4.89 Å². The number of rotatable bonds is 48. The molecule has 2 unspecified atom stereocenters. The van der Waals surface area contributed by atoms with Gasteiger partial charge in [-0.25, -0.2) is 0 Å². The van der Waals surface area contributed by atoms with Crippen LogP contribution in [0.15, 0.2) is 72.9 Å². The standard InChI is InChI=1S/C55H100NO7P/c1-6-8-10-12-14-16-18-20-22-24-25-26-27-28-29-30-31-32-33-35-37-39-41-43-45-47-50-60-52-54(53-62-64(58,59)61-51-49-56(3,4)5)63-55(57)48-46-44-42-40-38-36-34-23-21-19-17-15-13-11-9-7-2/h8,10,14,16,20,22-23,25-26,28-29,34,54H,6-7,9,11-13,15,17-19,21,24,27,30-33,35-53H2,1-5H3/b10-8-,16-14-,22-20-,26-25-,29-28-,34-23-. The van der Waals surface area contributed by atoms with Crippen LogP contribution in [0.5, 0.6) is 0 Å². The van der Waals surface area contributed by atoms with Crippen molar-refractivity contribution in [1.82, 2.24) is 0 Å². The fourth-order valence-electron chi connectivity index (χ4n) is 6.98. The second-order valence-electron chi connectivity index (χ2n) is 18.5. The number of ether oxygens (including phenoxy) is 2. The quantitative estimate of drug-likeness (QED) is 0.0197. The van der Waals surface area contributed by atoms with Crippen LogP contribution in [0.1, 0.15) is 213 Å². The Hall–Kier alpha value is -2.06. The highest BCUT2D eigenvalue weighted by atomic mass is 31.2. The summed E-state index contributed by atoms with van der Waals surface area (Å²) in [6.07, 6.45) is 62.1. The van der Waals surface area contributed by atoms with Gasteiger partial charge in [-0.1, -0.05) is 196 Å². The van der Waals surface area contributed by atoms with Crippen molar-refractivity contribution < 1.29 is 37.3 Å². The number of esters is 1. The van der Waals surface area contributed by atoms with Gasteiger partial charge in [-0.05, 0) is 83.5 Å². The molecule has 8 nitrogen and oxygen atoms in total. The first kappa shape index (κ1) is 61.9. The van der Waals surface area contributed by atoms with Crippen LogP contribution in [-0.2, 0) is 27.9 Å².